The van der Waals surface area contributed by atoms with E-state index in [4.69, 9.17) is 4.74 Å². The first-order valence-corrected chi connectivity index (χ1v) is 24.7. The van der Waals surface area contributed by atoms with Gasteiger partial charge in [-0.15, -0.1) is 88.0 Å². The number of aryl methyl sites for hydroxylation is 2. The van der Waals surface area contributed by atoms with E-state index in [1.165, 1.54) is 0 Å². The summed E-state index contributed by atoms with van der Waals surface area (Å²) < 4.78 is 6.86. The molecule has 0 aliphatic rings. The van der Waals surface area contributed by atoms with Gasteiger partial charge >= 0.3 is 41.2 Å². The van der Waals surface area contributed by atoms with E-state index >= 15 is 0 Å². The second kappa shape index (κ2) is 23.5. The molecule has 8 aromatic carbocycles. The Morgan fingerprint density at radius 2 is 0.766 bits per heavy atom. The van der Waals surface area contributed by atoms with Crippen molar-refractivity contribution < 1.29 is 45.9 Å². The molecule has 12 rings (SSSR count). The SMILES string of the molecule is Cc1cc(-c2ccccn2)[c-]cc1-c1ccccc1-c1cc(-c2ccccc2-c2c[c-]c(-c3ncccn3)[c-]c2Oc2[c-]c(-c3ccccn3)ccc2)cc(-c2ccccc2-c2c[c-]c(-c3ccccn3)cc2C)c1.[Ir+3].[Pt+2]. The van der Waals surface area contributed by atoms with Crippen LogP contribution in [0.2, 0.25) is 0 Å². The van der Waals surface area contributed by atoms with E-state index in [0.29, 0.717) is 22.9 Å². The van der Waals surface area contributed by atoms with Gasteiger partial charge in [0.1, 0.15) is 0 Å². The van der Waals surface area contributed by atoms with Crippen molar-refractivity contribution in [2.24, 2.45) is 0 Å². The molecule has 12 aromatic rings. The predicted molar refractivity (Wildman–Crippen MR) is 300 cm³/mol. The molecule has 0 unspecified atom stereocenters. The van der Waals surface area contributed by atoms with Crippen molar-refractivity contribution in [1.82, 2.24) is 24.9 Å². The Labute approximate surface area is 477 Å². The zero-order chi connectivity index (χ0) is 50.5. The van der Waals surface area contributed by atoms with Gasteiger partial charge in [0, 0.05) is 36.7 Å². The van der Waals surface area contributed by atoms with Crippen LogP contribution in [0.4, 0.5) is 0 Å². The summed E-state index contributed by atoms with van der Waals surface area (Å²) in [4.78, 5) is 22.9. The van der Waals surface area contributed by atoms with Crippen LogP contribution < -0.4 is 4.74 Å². The van der Waals surface area contributed by atoms with Crippen molar-refractivity contribution in [1.29, 1.82) is 0 Å². The molecule has 0 atom stereocenters. The number of pyridine rings is 3. The molecule has 0 saturated carbocycles. The number of benzene rings is 8. The molecular formula is C69H44IrN5OPt. The van der Waals surface area contributed by atoms with Gasteiger partial charge in [0.25, 0.3) is 0 Å². The first-order chi connectivity index (χ1) is 37.0. The smallest absolute Gasteiger partial charge is 0.515 e. The molecule has 0 radical (unpaired) electrons. The Balaban J connectivity index is 0.00000336. The quantitative estimate of drug-likeness (QED) is 0.114. The van der Waals surface area contributed by atoms with Gasteiger partial charge in [-0.05, 0) is 105 Å². The summed E-state index contributed by atoms with van der Waals surface area (Å²) >= 11 is 0. The number of nitrogens with zero attached hydrogens (tertiary/aromatic N) is 5. The third-order valence-electron chi connectivity index (χ3n) is 13.3. The monoisotopic (exact) mass is 1350 g/mol. The third-order valence-corrected chi connectivity index (χ3v) is 13.3. The minimum Gasteiger partial charge on any atom is -0.515 e. The molecule has 8 heteroatoms. The topological polar surface area (TPSA) is 73.7 Å². The molecule has 0 aliphatic carbocycles. The van der Waals surface area contributed by atoms with Gasteiger partial charge in [-0.1, -0.05) is 157 Å². The first kappa shape index (κ1) is 51.9. The summed E-state index contributed by atoms with van der Waals surface area (Å²) in [5.74, 6) is 1.48. The molecule has 0 N–H and O–H groups in total. The van der Waals surface area contributed by atoms with Crippen LogP contribution in [0.5, 0.6) is 11.5 Å². The van der Waals surface area contributed by atoms with Crippen LogP contribution in [0.3, 0.4) is 0 Å². The second-order valence-electron chi connectivity index (χ2n) is 18.1. The van der Waals surface area contributed by atoms with Crippen molar-refractivity contribution in [3.63, 3.8) is 0 Å². The summed E-state index contributed by atoms with van der Waals surface area (Å²) in [6, 6.07) is 86.1. The maximum atomic E-state index is 6.86. The molecule has 0 fully saturated rings. The molecule has 6 nitrogen and oxygen atoms in total. The molecule has 0 amide bonds. The van der Waals surface area contributed by atoms with Crippen LogP contribution in [0.15, 0.2) is 231 Å². The van der Waals surface area contributed by atoms with Crippen molar-refractivity contribution in [2.75, 3.05) is 0 Å². The average molecular weight is 1350 g/mol. The molecule has 0 spiro atoms. The van der Waals surface area contributed by atoms with E-state index in [0.717, 1.165) is 112 Å². The standard InChI is InChI=1S/C69H44N5O.Ir.Pt/c1-46-39-49(66-26-10-13-35-71-66)28-31-56(46)61-22-6-3-19-58(61)52-41-53(59-20-4-7-23-62(59)57-32-29-50(40-47(57)2)67-27-11-14-36-72-67)43-54(42-52)60-21-5-8-24-63(60)64-33-30-51(69-73-37-16-38-74-69)45-68(64)75-55-18-15-17-48(44-55)65-25-9-12-34-70-65;;/h3-27,31-43H,1-2H3;;/q-5;+3;+2. The van der Waals surface area contributed by atoms with E-state index in [9.17, 15) is 0 Å². The summed E-state index contributed by atoms with van der Waals surface area (Å²) in [5, 5.41) is 0. The number of rotatable bonds is 12. The zero-order valence-corrected chi connectivity index (χ0v) is 46.4. The van der Waals surface area contributed by atoms with Crippen molar-refractivity contribution in [3.8, 4) is 123 Å². The second-order valence-corrected chi connectivity index (χ2v) is 18.1. The van der Waals surface area contributed by atoms with Crippen LogP contribution in [-0.2, 0) is 41.2 Å². The molecule has 4 heterocycles. The fourth-order valence-corrected chi connectivity index (χ4v) is 9.67. The summed E-state index contributed by atoms with van der Waals surface area (Å²) in [6.45, 7) is 4.32. The van der Waals surface area contributed by atoms with E-state index in [1.54, 1.807) is 24.7 Å². The summed E-state index contributed by atoms with van der Waals surface area (Å²) in [7, 11) is 0. The summed E-state index contributed by atoms with van der Waals surface area (Å²) in [6.07, 6.45) is 8.84. The van der Waals surface area contributed by atoms with Crippen LogP contribution in [0.25, 0.3) is 112 Å². The van der Waals surface area contributed by atoms with Gasteiger partial charge in [-0.25, -0.2) is 17.7 Å². The van der Waals surface area contributed by atoms with Crippen molar-refractivity contribution in [3.05, 3.63) is 273 Å². The molecule has 0 aliphatic heterocycles. The number of hydrogen-bond donors (Lipinski definition) is 0. The largest absolute Gasteiger partial charge is 3.00 e. The fourth-order valence-electron chi connectivity index (χ4n) is 9.67. The molecule has 370 valence electrons. The van der Waals surface area contributed by atoms with Gasteiger partial charge in [0.2, 0.25) is 0 Å². The van der Waals surface area contributed by atoms with E-state index < -0.39 is 0 Å². The first-order valence-electron chi connectivity index (χ1n) is 24.7. The maximum Gasteiger partial charge on any atom is 3.00 e. The average Bonchev–Trinajstić information content (AvgIpc) is 3.48. The van der Waals surface area contributed by atoms with E-state index in [2.05, 4.69) is 184 Å². The molecule has 0 saturated heterocycles. The Morgan fingerprint density at radius 1 is 0.351 bits per heavy atom. The van der Waals surface area contributed by atoms with Crippen LogP contribution in [0, 0.1) is 44.2 Å². The third kappa shape index (κ3) is 11.1. The van der Waals surface area contributed by atoms with E-state index in [-0.39, 0.29) is 41.2 Å². The fraction of sp³-hybridized carbons (Fsp3) is 0.0290. The van der Waals surface area contributed by atoms with Crippen molar-refractivity contribution in [2.45, 2.75) is 13.8 Å². The Bertz CT molecular complexity index is 3860. The molecule has 77 heavy (non-hydrogen) atoms. The van der Waals surface area contributed by atoms with Gasteiger partial charge in [-0.2, -0.15) is 0 Å². The van der Waals surface area contributed by atoms with Crippen molar-refractivity contribution >= 4 is 0 Å². The van der Waals surface area contributed by atoms with Crippen LogP contribution in [-0.4, -0.2) is 24.9 Å². The zero-order valence-electron chi connectivity index (χ0n) is 41.7. The number of aromatic nitrogens is 5. The Kier molecular flexibility index (Phi) is 15.9. The van der Waals surface area contributed by atoms with Crippen LogP contribution >= 0.6 is 0 Å². The minimum absolute atomic E-state index is 0. The maximum absolute atomic E-state index is 6.86. The van der Waals surface area contributed by atoms with Gasteiger partial charge in [0.15, 0.2) is 0 Å². The molecular weight excluding hydrogens is 1300 g/mol. The number of hydrogen-bond acceptors (Lipinski definition) is 6. The Hall–Kier alpha value is -8.57. The number of ether oxygens (including phenoxy) is 1. The normalized spacial score (nSPS) is 10.8. The Morgan fingerprint density at radius 3 is 1.22 bits per heavy atom. The van der Waals surface area contributed by atoms with Gasteiger partial charge in [0.05, 0.1) is 0 Å². The predicted octanol–water partition coefficient (Wildman–Crippen LogP) is 16.7. The molecule has 4 aromatic heterocycles. The van der Waals surface area contributed by atoms with Crippen LogP contribution in [0.1, 0.15) is 11.1 Å². The molecule has 0 bridgehead atoms. The summed E-state index contributed by atoms with van der Waals surface area (Å²) in [5.41, 5.74) is 20.5. The van der Waals surface area contributed by atoms with Gasteiger partial charge in [-0.3, -0.25) is 6.07 Å². The van der Waals surface area contributed by atoms with E-state index in [1.807, 2.05) is 91.3 Å². The minimum atomic E-state index is 0. The van der Waals surface area contributed by atoms with Gasteiger partial charge < -0.3 is 29.7 Å².